The first-order valence-corrected chi connectivity index (χ1v) is 7.75. The predicted molar refractivity (Wildman–Crippen MR) is 84.0 cm³/mol. The maximum absolute atomic E-state index is 14.2. The van der Waals surface area contributed by atoms with Crippen molar-refractivity contribution < 1.29 is 18.8 Å². The van der Waals surface area contributed by atoms with Crippen molar-refractivity contribution in [2.45, 2.75) is 10.1 Å². The van der Waals surface area contributed by atoms with Crippen molar-refractivity contribution in [1.82, 2.24) is 25.2 Å². The van der Waals surface area contributed by atoms with Gasteiger partial charge < -0.3 is 4.57 Å². The molecule has 0 atom stereocenters. The van der Waals surface area contributed by atoms with E-state index in [1.54, 1.807) is 36.0 Å². The lowest BCUT2D eigenvalue weighted by atomic mass is 10.2. The minimum absolute atomic E-state index is 0.248. The first-order valence-electron chi connectivity index (χ1n) is 6.93. The van der Waals surface area contributed by atoms with Gasteiger partial charge in [-0.05, 0) is 36.0 Å². The van der Waals surface area contributed by atoms with Crippen LogP contribution in [0, 0.1) is 11.6 Å². The molecule has 0 radical (unpaired) electrons. The summed E-state index contributed by atoms with van der Waals surface area (Å²) in [6, 6.07) is 6.93. The highest BCUT2D eigenvalue weighted by Crippen LogP contribution is 2.32. The van der Waals surface area contributed by atoms with Crippen molar-refractivity contribution in [3.05, 3.63) is 53.7 Å². The van der Waals surface area contributed by atoms with Crippen molar-refractivity contribution in [2.75, 3.05) is 0 Å². The van der Waals surface area contributed by atoms with Crippen molar-refractivity contribution in [3.8, 4) is 11.5 Å². The van der Waals surface area contributed by atoms with Crippen molar-refractivity contribution >= 4 is 17.7 Å². The number of aromatic nitrogens is 4. The number of hydroxylamine groups is 1. The molecule has 0 unspecified atom stereocenters. The molecule has 1 aromatic carbocycles. The fourth-order valence-corrected chi connectivity index (χ4v) is 2.87. The zero-order valence-electron chi connectivity index (χ0n) is 12.8. The summed E-state index contributed by atoms with van der Waals surface area (Å²) in [4.78, 5) is 15.1. The van der Waals surface area contributed by atoms with Crippen molar-refractivity contribution in [2.24, 2.45) is 7.05 Å². The number of benzene rings is 1. The van der Waals surface area contributed by atoms with E-state index in [0.717, 1.165) is 23.9 Å². The second-order valence-corrected chi connectivity index (χ2v) is 5.87. The highest BCUT2D eigenvalue weighted by molar-refractivity contribution is 7.99. The monoisotopic (exact) mass is 363 g/mol. The molecule has 0 saturated heterocycles. The molecule has 0 fully saturated rings. The third-order valence-electron chi connectivity index (χ3n) is 3.28. The van der Waals surface area contributed by atoms with Crippen LogP contribution >= 0.6 is 11.8 Å². The Kier molecular flexibility index (Phi) is 4.72. The summed E-state index contributed by atoms with van der Waals surface area (Å²) in [5, 5.41) is 16.7. The van der Waals surface area contributed by atoms with Gasteiger partial charge in [-0.15, -0.1) is 10.2 Å². The SMILES string of the molecule is Cn1c(Sc2c(F)cc(C(=O)NO)cc2F)nnc1-c1ccccn1. The van der Waals surface area contributed by atoms with Gasteiger partial charge in [0, 0.05) is 18.8 Å². The number of nitrogens with zero attached hydrogens (tertiary/aromatic N) is 4. The Hall–Kier alpha value is -2.85. The first-order chi connectivity index (χ1) is 12.0. The number of hydrogen-bond donors (Lipinski definition) is 2. The number of amides is 1. The molecular weight excluding hydrogens is 352 g/mol. The Morgan fingerprint density at radius 3 is 2.56 bits per heavy atom. The van der Waals surface area contributed by atoms with E-state index in [1.807, 2.05) is 0 Å². The normalized spacial score (nSPS) is 10.7. The van der Waals surface area contributed by atoms with Crippen LogP contribution in [0.5, 0.6) is 0 Å². The van der Waals surface area contributed by atoms with Crippen LogP contribution in [0.1, 0.15) is 10.4 Å². The molecule has 1 amide bonds. The number of rotatable bonds is 4. The van der Waals surface area contributed by atoms with Gasteiger partial charge in [-0.25, -0.2) is 14.3 Å². The standard InChI is InChI=1S/C15H11F2N5O2S/c1-22-13(11-4-2-3-5-18-11)19-20-15(22)25-12-9(16)6-8(7-10(12)17)14(23)21-24/h2-7,24H,1H3,(H,21,23). The average molecular weight is 363 g/mol. The van der Waals surface area contributed by atoms with Crippen LogP contribution in [-0.4, -0.2) is 30.9 Å². The molecule has 0 aliphatic rings. The molecule has 3 aromatic rings. The van der Waals surface area contributed by atoms with Crippen LogP contribution < -0.4 is 5.48 Å². The van der Waals surface area contributed by atoms with E-state index in [2.05, 4.69) is 15.2 Å². The maximum atomic E-state index is 14.2. The Balaban J connectivity index is 1.94. The quantitative estimate of drug-likeness (QED) is 0.546. The molecule has 128 valence electrons. The van der Waals surface area contributed by atoms with E-state index in [-0.39, 0.29) is 15.6 Å². The number of carbonyl (C=O) groups is 1. The van der Waals surface area contributed by atoms with Gasteiger partial charge in [-0.3, -0.25) is 15.0 Å². The van der Waals surface area contributed by atoms with E-state index in [9.17, 15) is 13.6 Å². The fraction of sp³-hybridized carbons (Fsp3) is 0.0667. The summed E-state index contributed by atoms with van der Waals surface area (Å²) in [5.74, 6) is -2.47. The van der Waals surface area contributed by atoms with Gasteiger partial charge in [0.2, 0.25) is 0 Å². The van der Waals surface area contributed by atoms with Crippen LogP contribution in [0.4, 0.5) is 8.78 Å². The molecule has 2 heterocycles. The van der Waals surface area contributed by atoms with E-state index < -0.39 is 17.5 Å². The van der Waals surface area contributed by atoms with Crippen LogP contribution in [0.15, 0.2) is 46.6 Å². The lowest BCUT2D eigenvalue weighted by molar-refractivity contribution is 0.0705. The summed E-state index contributed by atoms with van der Waals surface area (Å²) in [6.45, 7) is 0. The summed E-state index contributed by atoms with van der Waals surface area (Å²) >= 11 is 0.728. The van der Waals surface area contributed by atoms with Gasteiger partial charge in [0.15, 0.2) is 11.0 Å². The van der Waals surface area contributed by atoms with E-state index in [1.165, 1.54) is 5.48 Å². The van der Waals surface area contributed by atoms with E-state index in [4.69, 9.17) is 5.21 Å². The van der Waals surface area contributed by atoms with Gasteiger partial charge in [0.1, 0.15) is 17.3 Å². The number of halogens is 2. The smallest absolute Gasteiger partial charge is 0.274 e. The highest BCUT2D eigenvalue weighted by Gasteiger charge is 2.19. The number of pyridine rings is 1. The third-order valence-corrected chi connectivity index (χ3v) is 4.42. The van der Waals surface area contributed by atoms with Crippen LogP contribution in [0.25, 0.3) is 11.5 Å². The van der Waals surface area contributed by atoms with Gasteiger partial charge in [0.05, 0.1) is 4.90 Å². The second kappa shape index (κ2) is 6.95. The summed E-state index contributed by atoms with van der Waals surface area (Å²) < 4.78 is 29.9. The zero-order chi connectivity index (χ0) is 18.0. The van der Waals surface area contributed by atoms with Gasteiger partial charge in [-0.2, -0.15) is 0 Å². The first kappa shape index (κ1) is 17.0. The summed E-state index contributed by atoms with van der Waals surface area (Å²) in [6.07, 6.45) is 1.60. The molecule has 0 aliphatic carbocycles. The zero-order valence-corrected chi connectivity index (χ0v) is 13.6. The molecule has 7 nitrogen and oxygen atoms in total. The lowest BCUT2D eigenvalue weighted by Crippen LogP contribution is -2.19. The van der Waals surface area contributed by atoms with Crippen molar-refractivity contribution in [1.29, 1.82) is 0 Å². The average Bonchev–Trinajstić information content (AvgIpc) is 2.98. The molecule has 2 aromatic heterocycles. The maximum Gasteiger partial charge on any atom is 0.274 e. The third kappa shape index (κ3) is 3.35. The van der Waals surface area contributed by atoms with Crippen LogP contribution in [0.3, 0.4) is 0 Å². The van der Waals surface area contributed by atoms with Gasteiger partial charge in [0.25, 0.3) is 5.91 Å². The molecule has 25 heavy (non-hydrogen) atoms. The Morgan fingerprint density at radius 2 is 1.96 bits per heavy atom. The van der Waals surface area contributed by atoms with Crippen LogP contribution in [-0.2, 0) is 7.05 Å². The number of hydrogen-bond acceptors (Lipinski definition) is 6. The molecule has 10 heteroatoms. The van der Waals surface area contributed by atoms with Gasteiger partial charge >= 0.3 is 0 Å². The molecule has 0 saturated carbocycles. The summed E-state index contributed by atoms with van der Waals surface area (Å²) in [5.41, 5.74) is 1.55. The van der Waals surface area contributed by atoms with E-state index in [0.29, 0.717) is 11.5 Å². The van der Waals surface area contributed by atoms with Crippen LogP contribution in [0.2, 0.25) is 0 Å². The van der Waals surface area contributed by atoms with Gasteiger partial charge in [-0.1, -0.05) is 6.07 Å². The summed E-state index contributed by atoms with van der Waals surface area (Å²) in [7, 11) is 1.65. The largest absolute Gasteiger partial charge is 0.304 e. The Bertz CT molecular complexity index is 910. The number of nitrogens with one attached hydrogen (secondary N) is 1. The fourth-order valence-electron chi connectivity index (χ4n) is 2.07. The minimum atomic E-state index is -1.01. The molecule has 0 spiro atoms. The number of carbonyl (C=O) groups excluding carboxylic acids is 1. The molecule has 2 N–H and O–H groups in total. The molecule has 0 aliphatic heterocycles. The molecular formula is C15H11F2N5O2S. The minimum Gasteiger partial charge on any atom is -0.304 e. The van der Waals surface area contributed by atoms with Crippen molar-refractivity contribution in [3.63, 3.8) is 0 Å². The topological polar surface area (TPSA) is 92.9 Å². The Morgan fingerprint density at radius 1 is 1.24 bits per heavy atom. The Labute approximate surface area is 144 Å². The second-order valence-electron chi connectivity index (χ2n) is 4.89. The molecule has 3 rings (SSSR count). The molecule has 0 bridgehead atoms. The van der Waals surface area contributed by atoms with E-state index >= 15 is 0 Å². The highest BCUT2D eigenvalue weighted by atomic mass is 32.2. The lowest BCUT2D eigenvalue weighted by Gasteiger charge is -2.07. The predicted octanol–water partition coefficient (Wildman–Crippen LogP) is 2.43.